The molecule has 7 heteroatoms. The van der Waals surface area contributed by atoms with Crippen LogP contribution >= 0.6 is 11.3 Å². The van der Waals surface area contributed by atoms with Gasteiger partial charge in [0.25, 0.3) is 0 Å². The molecule has 0 fully saturated rings. The highest BCUT2D eigenvalue weighted by Gasteiger charge is 2.14. The molecule has 6 nitrogen and oxygen atoms in total. The number of methoxy groups -OCH3 is 1. The lowest BCUT2D eigenvalue weighted by molar-refractivity contribution is 0.408. The monoisotopic (exact) mass is 276 g/mol. The third-order valence-electron chi connectivity index (χ3n) is 2.81. The maximum absolute atomic E-state index is 10.0. The summed E-state index contributed by atoms with van der Waals surface area (Å²) in [5.41, 5.74) is 0.665. The molecule has 0 unspecified atom stereocenters. The van der Waals surface area contributed by atoms with Crippen LogP contribution in [0.3, 0.4) is 0 Å². The van der Waals surface area contributed by atoms with E-state index < -0.39 is 0 Å². The second-order valence-corrected chi connectivity index (χ2v) is 4.91. The fourth-order valence-electron chi connectivity index (χ4n) is 1.81. The predicted octanol–water partition coefficient (Wildman–Crippen LogP) is 2.13. The van der Waals surface area contributed by atoms with E-state index >= 15 is 0 Å². The molecule has 0 saturated carbocycles. The van der Waals surface area contributed by atoms with Crippen LogP contribution in [-0.2, 0) is 6.42 Å². The Morgan fingerprint density at radius 2 is 2.21 bits per heavy atom. The van der Waals surface area contributed by atoms with Crippen molar-refractivity contribution >= 4 is 16.3 Å². The molecule has 1 N–H and O–H groups in total. The van der Waals surface area contributed by atoms with Gasteiger partial charge in [-0.05, 0) is 12.1 Å². The Morgan fingerprint density at radius 1 is 1.37 bits per heavy atom. The van der Waals surface area contributed by atoms with Gasteiger partial charge in [-0.25, -0.2) is 0 Å². The second kappa shape index (κ2) is 4.51. The minimum Gasteiger partial charge on any atom is -0.507 e. The van der Waals surface area contributed by atoms with Gasteiger partial charge in [-0.1, -0.05) is 18.3 Å². The molecule has 3 rings (SSSR count). The molecule has 0 aliphatic heterocycles. The highest BCUT2D eigenvalue weighted by molar-refractivity contribution is 7.19. The van der Waals surface area contributed by atoms with Crippen molar-refractivity contribution in [1.82, 2.24) is 19.8 Å². The Hall–Kier alpha value is -2.15. The van der Waals surface area contributed by atoms with Gasteiger partial charge in [0.15, 0.2) is 10.8 Å². The molecule has 0 aliphatic carbocycles. The highest BCUT2D eigenvalue weighted by Crippen LogP contribution is 2.34. The first kappa shape index (κ1) is 11.9. The van der Waals surface area contributed by atoms with Gasteiger partial charge in [0.2, 0.25) is 4.96 Å². The van der Waals surface area contributed by atoms with E-state index in [0.717, 1.165) is 17.2 Å². The molecule has 0 radical (unpaired) electrons. The van der Waals surface area contributed by atoms with Crippen LogP contribution in [0.4, 0.5) is 0 Å². The topological polar surface area (TPSA) is 72.5 Å². The fourth-order valence-corrected chi connectivity index (χ4v) is 2.70. The van der Waals surface area contributed by atoms with Crippen LogP contribution in [0.15, 0.2) is 18.2 Å². The third kappa shape index (κ3) is 1.91. The van der Waals surface area contributed by atoms with Gasteiger partial charge in [0.1, 0.15) is 11.5 Å². The lowest BCUT2D eigenvalue weighted by atomic mass is 10.2. The van der Waals surface area contributed by atoms with Gasteiger partial charge >= 0.3 is 0 Å². The zero-order valence-electron chi connectivity index (χ0n) is 10.5. The Bertz CT molecular complexity index is 734. The van der Waals surface area contributed by atoms with Crippen molar-refractivity contribution in [2.45, 2.75) is 13.3 Å². The molecule has 3 aromatic rings. The number of fused-ring (bicyclic) bond motifs is 1. The molecule has 0 aliphatic rings. The highest BCUT2D eigenvalue weighted by atomic mass is 32.1. The van der Waals surface area contributed by atoms with Crippen LogP contribution < -0.4 is 4.74 Å². The van der Waals surface area contributed by atoms with E-state index in [4.69, 9.17) is 4.74 Å². The number of ether oxygens (including phenoxy) is 1. The number of rotatable bonds is 3. The molecule has 0 spiro atoms. The van der Waals surface area contributed by atoms with Crippen molar-refractivity contribution in [3.63, 3.8) is 0 Å². The van der Waals surface area contributed by atoms with Crippen LogP contribution in [0.5, 0.6) is 11.5 Å². The number of aryl methyl sites for hydroxylation is 1. The van der Waals surface area contributed by atoms with Gasteiger partial charge in [0, 0.05) is 12.5 Å². The molecule has 98 valence electrons. The van der Waals surface area contributed by atoms with Crippen molar-refractivity contribution < 1.29 is 9.84 Å². The van der Waals surface area contributed by atoms with Crippen LogP contribution in [-0.4, -0.2) is 32.0 Å². The van der Waals surface area contributed by atoms with Crippen LogP contribution in [0, 0.1) is 0 Å². The second-order valence-electron chi connectivity index (χ2n) is 3.95. The molecule has 2 heterocycles. The molecule has 0 amide bonds. The smallest absolute Gasteiger partial charge is 0.234 e. The van der Waals surface area contributed by atoms with Gasteiger partial charge in [-0.2, -0.15) is 9.61 Å². The molecule has 1 aromatic carbocycles. The lowest BCUT2D eigenvalue weighted by Crippen LogP contribution is -1.93. The number of nitrogens with zero attached hydrogens (tertiary/aromatic N) is 4. The van der Waals surface area contributed by atoms with Crippen molar-refractivity contribution in [1.29, 1.82) is 0 Å². The minimum atomic E-state index is 0.141. The number of hydrogen-bond donors (Lipinski definition) is 1. The Kier molecular flexibility index (Phi) is 2.83. The van der Waals surface area contributed by atoms with E-state index in [1.54, 1.807) is 29.8 Å². The number of phenolic OH excluding ortho intramolecular Hbond substituents is 1. The quantitative estimate of drug-likeness (QED) is 0.793. The fraction of sp³-hybridized carbons (Fsp3) is 0.250. The Labute approximate surface area is 113 Å². The number of benzene rings is 1. The van der Waals surface area contributed by atoms with E-state index in [1.165, 1.54) is 11.3 Å². The average molecular weight is 276 g/mol. The van der Waals surface area contributed by atoms with E-state index in [1.807, 2.05) is 6.92 Å². The van der Waals surface area contributed by atoms with Crippen molar-refractivity contribution in [2.24, 2.45) is 0 Å². The summed E-state index contributed by atoms with van der Waals surface area (Å²) in [4.78, 5) is 0.724. The third-order valence-corrected chi connectivity index (χ3v) is 3.74. The summed E-state index contributed by atoms with van der Waals surface area (Å²) in [6.07, 6.45) is 0.763. The maximum atomic E-state index is 10.0. The van der Waals surface area contributed by atoms with Gasteiger partial charge in [0.05, 0.1) is 12.7 Å². The molecule has 0 atom stereocenters. The summed E-state index contributed by atoms with van der Waals surface area (Å²) in [6.45, 7) is 2.00. The summed E-state index contributed by atoms with van der Waals surface area (Å²) in [6, 6.07) is 5.14. The average Bonchev–Trinajstić information content (AvgIpc) is 2.98. The largest absolute Gasteiger partial charge is 0.507 e. The zero-order valence-corrected chi connectivity index (χ0v) is 11.3. The first-order valence-corrected chi connectivity index (χ1v) is 6.63. The lowest BCUT2D eigenvalue weighted by Gasteiger charge is -2.03. The number of aromatic nitrogens is 4. The summed E-state index contributed by atoms with van der Waals surface area (Å²) >= 11 is 1.39. The molecular formula is C12H12N4O2S. The van der Waals surface area contributed by atoms with Crippen molar-refractivity contribution in [3.8, 4) is 22.1 Å². The van der Waals surface area contributed by atoms with Gasteiger partial charge in [-0.15, -0.1) is 10.2 Å². The molecular weight excluding hydrogens is 264 g/mol. The van der Waals surface area contributed by atoms with Crippen molar-refractivity contribution in [2.75, 3.05) is 7.11 Å². The summed E-state index contributed by atoms with van der Waals surface area (Å²) in [7, 11) is 1.56. The van der Waals surface area contributed by atoms with Gasteiger partial charge in [-0.3, -0.25) is 0 Å². The first-order chi connectivity index (χ1) is 9.22. The van der Waals surface area contributed by atoms with E-state index in [2.05, 4.69) is 15.3 Å². The SMILES string of the molecule is CCc1nnc2sc(-c3ccc(OC)cc3O)nn12. The first-order valence-electron chi connectivity index (χ1n) is 5.81. The van der Waals surface area contributed by atoms with Crippen LogP contribution in [0.2, 0.25) is 0 Å². The van der Waals surface area contributed by atoms with E-state index in [-0.39, 0.29) is 5.75 Å². The van der Waals surface area contributed by atoms with Gasteiger partial charge < -0.3 is 9.84 Å². The normalized spacial score (nSPS) is 11.1. The van der Waals surface area contributed by atoms with Crippen LogP contribution in [0.25, 0.3) is 15.5 Å². The summed E-state index contributed by atoms with van der Waals surface area (Å²) in [5.74, 6) is 1.56. The molecule has 0 saturated heterocycles. The molecule has 19 heavy (non-hydrogen) atoms. The minimum absolute atomic E-state index is 0.141. The molecule has 0 bridgehead atoms. The number of aromatic hydroxyl groups is 1. The molecule has 2 aromatic heterocycles. The van der Waals surface area contributed by atoms with E-state index in [0.29, 0.717) is 16.3 Å². The predicted molar refractivity (Wildman–Crippen MR) is 71.7 cm³/mol. The Morgan fingerprint density at radius 3 is 2.89 bits per heavy atom. The van der Waals surface area contributed by atoms with Crippen LogP contribution in [0.1, 0.15) is 12.7 Å². The maximum Gasteiger partial charge on any atom is 0.234 e. The summed E-state index contributed by atoms with van der Waals surface area (Å²) in [5, 5.41) is 23.3. The van der Waals surface area contributed by atoms with E-state index in [9.17, 15) is 5.11 Å². The Balaban J connectivity index is 2.11. The zero-order chi connectivity index (χ0) is 13.4. The number of hydrogen-bond acceptors (Lipinski definition) is 6. The van der Waals surface area contributed by atoms with Crippen molar-refractivity contribution in [3.05, 3.63) is 24.0 Å². The summed E-state index contributed by atoms with van der Waals surface area (Å²) < 4.78 is 6.77. The number of phenols is 1. The standard InChI is InChI=1S/C12H12N4O2S/c1-3-10-13-14-12-16(10)15-11(19-12)8-5-4-7(18-2)6-9(8)17/h4-6,17H,3H2,1-2H3.